The molecule has 1 fully saturated rings. The minimum atomic E-state index is -0.856. The number of carboxylic acids is 1. The summed E-state index contributed by atoms with van der Waals surface area (Å²) in [4.78, 5) is 10.6. The Kier molecular flexibility index (Phi) is 5.07. The van der Waals surface area contributed by atoms with E-state index in [1.165, 1.54) is 43.9 Å². The molecule has 3 N–H and O–H groups in total. The Morgan fingerprint density at radius 1 is 1.37 bits per heavy atom. The van der Waals surface area contributed by atoms with Gasteiger partial charge in [0.05, 0.1) is 5.75 Å². The van der Waals surface area contributed by atoms with E-state index in [4.69, 9.17) is 10.8 Å². The number of hydrogen-bond acceptors (Lipinski definition) is 5. The van der Waals surface area contributed by atoms with Crippen LogP contribution < -0.4 is 5.73 Å². The average molecular weight is 284 g/mol. The molecular weight excluding hydrogens is 264 g/mol. The van der Waals surface area contributed by atoms with Gasteiger partial charge >= 0.3 is 5.97 Å². The topological polar surface area (TPSA) is 94.0 Å². The number of aromatic nitrogens is 3. The highest BCUT2D eigenvalue weighted by Gasteiger charge is 2.16. The molecule has 0 aromatic carbocycles. The van der Waals surface area contributed by atoms with Crippen LogP contribution in [0.3, 0.4) is 0 Å². The third kappa shape index (κ3) is 4.12. The fourth-order valence-electron chi connectivity index (χ4n) is 2.53. The van der Waals surface area contributed by atoms with Crippen LogP contribution >= 0.6 is 11.8 Å². The van der Waals surface area contributed by atoms with Gasteiger partial charge in [-0.1, -0.05) is 43.9 Å². The van der Waals surface area contributed by atoms with Gasteiger partial charge in [0.1, 0.15) is 0 Å². The van der Waals surface area contributed by atoms with Gasteiger partial charge in [-0.05, 0) is 12.3 Å². The van der Waals surface area contributed by atoms with Crippen LogP contribution in [0.2, 0.25) is 0 Å². The number of thioether (sulfide) groups is 1. The number of rotatable bonds is 6. The highest BCUT2D eigenvalue weighted by molar-refractivity contribution is 7.99. The molecule has 6 nitrogen and oxygen atoms in total. The van der Waals surface area contributed by atoms with Crippen molar-refractivity contribution >= 4 is 23.7 Å². The molecule has 1 heterocycles. The van der Waals surface area contributed by atoms with Crippen molar-refractivity contribution < 1.29 is 9.90 Å². The van der Waals surface area contributed by atoms with Crippen molar-refractivity contribution in [1.29, 1.82) is 0 Å². The van der Waals surface area contributed by atoms with E-state index in [1.54, 1.807) is 0 Å². The lowest BCUT2D eigenvalue weighted by atomic mass is 9.87. The summed E-state index contributed by atoms with van der Waals surface area (Å²) in [6.45, 7) is 0.783. The first kappa shape index (κ1) is 14.2. The van der Waals surface area contributed by atoms with E-state index >= 15 is 0 Å². The number of carbonyl (C=O) groups is 1. The molecule has 7 heteroatoms. The molecule has 1 aliphatic carbocycles. The molecule has 1 saturated carbocycles. The van der Waals surface area contributed by atoms with Crippen LogP contribution in [0.25, 0.3) is 0 Å². The molecule has 106 valence electrons. The van der Waals surface area contributed by atoms with Gasteiger partial charge in [0, 0.05) is 6.54 Å². The van der Waals surface area contributed by atoms with Crippen LogP contribution in [0.1, 0.15) is 38.5 Å². The first-order valence-corrected chi connectivity index (χ1v) is 7.68. The zero-order valence-electron chi connectivity index (χ0n) is 10.9. The maximum atomic E-state index is 10.6. The number of nitrogens with two attached hydrogens (primary N) is 1. The summed E-state index contributed by atoms with van der Waals surface area (Å²) in [5.74, 6) is 0.267. The minimum Gasteiger partial charge on any atom is -0.481 e. The molecule has 0 spiro atoms. The van der Waals surface area contributed by atoms with Gasteiger partial charge in [-0.2, -0.15) is 0 Å². The number of hydrogen-bond donors (Lipinski definition) is 2. The summed E-state index contributed by atoms with van der Waals surface area (Å²) in [7, 11) is 0. The largest absolute Gasteiger partial charge is 0.481 e. The van der Waals surface area contributed by atoms with Crippen LogP contribution in [-0.2, 0) is 11.3 Å². The average Bonchev–Trinajstić information content (AvgIpc) is 2.76. The number of aliphatic carboxylic acids is 1. The van der Waals surface area contributed by atoms with Crippen LogP contribution in [0.4, 0.5) is 5.95 Å². The summed E-state index contributed by atoms with van der Waals surface area (Å²) in [6, 6.07) is 0. The van der Waals surface area contributed by atoms with Gasteiger partial charge < -0.3 is 10.8 Å². The quantitative estimate of drug-likeness (QED) is 0.776. The Hall–Kier alpha value is -1.24. The fourth-order valence-corrected chi connectivity index (χ4v) is 3.22. The first-order valence-electron chi connectivity index (χ1n) is 6.70. The Morgan fingerprint density at radius 3 is 2.79 bits per heavy atom. The van der Waals surface area contributed by atoms with Crippen molar-refractivity contribution in [3.8, 4) is 0 Å². The van der Waals surface area contributed by atoms with Gasteiger partial charge in [-0.3, -0.25) is 9.36 Å². The predicted octanol–water partition coefficient (Wildman–Crippen LogP) is 2.01. The summed E-state index contributed by atoms with van der Waals surface area (Å²) in [5, 5.41) is 17.1. The molecule has 0 atom stereocenters. The zero-order chi connectivity index (χ0) is 13.7. The van der Waals surface area contributed by atoms with E-state index in [1.807, 2.05) is 4.57 Å². The summed E-state index contributed by atoms with van der Waals surface area (Å²) >= 11 is 1.17. The molecule has 0 radical (unpaired) electrons. The van der Waals surface area contributed by atoms with Crippen molar-refractivity contribution in [2.75, 3.05) is 11.5 Å². The molecule has 0 saturated heterocycles. The zero-order valence-corrected chi connectivity index (χ0v) is 11.7. The van der Waals surface area contributed by atoms with Crippen molar-refractivity contribution in [3.05, 3.63) is 0 Å². The van der Waals surface area contributed by atoms with Crippen LogP contribution in [0, 0.1) is 5.92 Å². The highest BCUT2D eigenvalue weighted by atomic mass is 32.2. The second-order valence-corrected chi connectivity index (χ2v) is 5.91. The molecule has 2 rings (SSSR count). The lowest BCUT2D eigenvalue weighted by molar-refractivity contribution is -0.133. The van der Waals surface area contributed by atoms with E-state index in [9.17, 15) is 4.79 Å². The van der Waals surface area contributed by atoms with Crippen molar-refractivity contribution in [3.63, 3.8) is 0 Å². The van der Waals surface area contributed by atoms with Gasteiger partial charge in [0.25, 0.3) is 0 Å². The SMILES string of the molecule is Nc1nnc(SCC(=O)O)n1CCC1CCCCC1. The van der Waals surface area contributed by atoms with Crippen LogP contribution in [0.15, 0.2) is 5.16 Å². The van der Waals surface area contributed by atoms with Gasteiger partial charge in [-0.25, -0.2) is 0 Å². The van der Waals surface area contributed by atoms with Crippen LogP contribution in [0.5, 0.6) is 0 Å². The lowest BCUT2D eigenvalue weighted by Gasteiger charge is -2.21. The van der Waals surface area contributed by atoms with E-state index in [2.05, 4.69) is 10.2 Å². The van der Waals surface area contributed by atoms with E-state index in [-0.39, 0.29) is 5.75 Å². The van der Waals surface area contributed by atoms with Crippen LogP contribution in [-0.4, -0.2) is 31.6 Å². The molecule has 1 aromatic heterocycles. The van der Waals surface area contributed by atoms with Crippen molar-refractivity contribution in [2.24, 2.45) is 5.92 Å². The number of carboxylic acid groups (broad SMARTS) is 1. The molecule has 19 heavy (non-hydrogen) atoms. The second-order valence-electron chi connectivity index (χ2n) is 4.97. The Morgan fingerprint density at radius 2 is 2.11 bits per heavy atom. The Bertz CT molecular complexity index is 429. The third-order valence-electron chi connectivity index (χ3n) is 3.56. The number of anilines is 1. The smallest absolute Gasteiger partial charge is 0.313 e. The van der Waals surface area contributed by atoms with Gasteiger partial charge in [-0.15, -0.1) is 10.2 Å². The fraction of sp³-hybridized carbons (Fsp3) is 0.750. The molecule has 0 bridgehead atoms. The third-order valence-corrected chi connectivity index (χ3v) is 4.51. The molecule has 0 aliphatic heterocycles. The van der Waals surface area contributed by atoms with Crippen molar-refractivity contribution in [2.45, 2.75) is 50.2 Å². The second kappa shape index (κ2) is 6.79. The van der Waals surface area contributed by atoms with E-state index < -0.39 is 5.97 Å². The molecule has 0 unspecified atom stereocenters. The molecule has 0 amide bonds. The van der Waals surface area contributed by atoms with Crippen molar-refractivity contribution in [1.82, 2.24) is 14.8 Å². The summed E-state index contributed by atoms with van der Waals surface area (Å²) in [6.07, 6.45) is 7.65. The Balaban J connectivity index is 1.90. The summed E-state index contributed by atoms with van der Waals surface area (Å²) in [5.41, 5.74) is 5.79. The molecule has 1 aliphatic rings. The normalized spacial score (nSPS) is 16.6. The van der Waals surface area contributed by atoms with E-state index in [0.29, 0.717) is 11.1 Å². The number of nitrogen functional groups attached to an aromatic ring is 1. The Labute approximate surface area is 116 Å². The van der Waals surface area contributed by atoms with Gasteiger partial charge in [0.2, 0.25) is 5.95 Å². The maximum absolute atomic E-state index is 10.6. The predicted molar refractivity (Wildman–Crippen MR) is 74.0 cm³/mol. The molecular formula is C12H20N4O2S. The standard InChI is InChI=1S/C12H20N4O2S/c13-11-14-15-12(19-8-10(17)18)16(11)7-6-9-4-2-1-3-5-9/h9H,1-8H2,(H2,13,14)(H,17,18). The highest BCUT2D eigenvalue weighted by Crippen LogP contribution is 2.28. The summed E-state index contributed by atoms with van der Waals surface area (Å²) < 4.78 is 1.84. The van der Waals surface area contributed by atoms with E-state index in [0.717, 1.165) is 18.9 Å². The first-order chi connectivity index (χ1) is 9.16. The lowest BCUT2D eigenvalue weighted by Crippen LogP contribution is -2.12. The molecule has 1 aromatic rings. The minimum absolute atomic E-state index is 0.0123. The van der Waals surface area contributed by atoms with Gasteiger partial charge in [0.15, 0.2) is 5.16 Å². The maximum Gasteiger partial charge on any atom is 0.313 e. The monoisotopic (exact) mass is 284 g/mol. The number of nitrogens with zero attached hydrogens (tertiary/aromatic N) is 3.